The van der Waals surface area contributed by atoms with Crippen molar-refractivity contribution in [3.63, 3.8) is 0 Å². The van der Waals surface area contributed by atoms with Crippen LogP contribution < -0.4 is 10.0 Å². The molecule has 0 saturated carbocycles. The zero-order chi connectivity index (χ0) is 8.81. The van der Waals surface area contributed by atoms with E-state index >= 15 is 0 Å². The van der Waals surface area contributed by atoms with Gasteiger partial charge in [-0.2, -0.15) is 4.73 Å². The van der Waals surface area contributed by atoms with E-state index in [2.05, 4.69) is 5.32 Å². The number of hydrogen-bond donors (Lipinski definition) is 1. The Morgan fingerprint density at radius 1 is 1.50 bits per heavy atom. The van der Waals surface area contributed by atoms with Crippen molar-refractivity contribution >= 4 is 0 Å². The Morgan fingerprint density at radius 2 is 2.33 bits per heavy atom. The van der Waals surface area contributed by atoms with Crippen LogP contribution in [0.5, 0.6) is 0 Å². The molecule has 1 N–H and O–H groups in total. The van der Waals surface area contributed by atoms with Crippen LogP contribution in [0.15, 0.2) is 24.4 Å². The Hall–Kier alpha value is -1.09. The normalized spacial score (nSPS) is 10.1. The second-order valence-corrected chi connectivity index (χ2v) is 2.72. The van der Waals surface area contributed by atoms with Crippen LogP contribution in [0.2, 0.25) is 0 Å². The van der Waals surface area contributed by atoms with E-state index in [1.165, 1.54) is 6.20 Å². The fourth-order valence-corrected chi connectivity index (χ4v) is 1.10. The predicted octanol–water partition coefficient (Wildman–Crippen LogP) is 0.472. The Morgan fingerprint density at radius 3 is 3.00 bits per heavy atom. The Bertz CT molecular complexity index is 238. The van der Waals surface area contributed by atoms with E-state index in [0.717, 1.165) is 29.8 Å². The summed E-state index contributed by atoms with van der Waals surface area (Å²) in [7, 11) is 1.91. The van der Waals surface area contributed by atoms with Crippen LogP contribution in [-0.4, -0.2) is 13.6 Å². The number of hydrogen-bond acceptors (Lipinski definition) is 2. The SMILES string of the molecule is CNCCCc1cccc[n+]1[O-]. The monoisotopic (exact) mass is 166 g/mol. The van der Waals surface area contributed by atoms with Gasteiger partial charge in [-0.3, -0.25) is 0 Å². The molecule has 0 aliphatic carbocycles. The molecule has 1 aromatic rings. The predicted molar refractivity (Wildman–Crippen MR) is 47.6 cm³/mol. The van der Waals surface area contributed by atoms with Gasteiger partial charge in [-0.05, 0) is 20.0 Å². The molecule has 0 spiro atoms. The van der Waals surface area contributed by atoms with E-state index in [0.29, 0.717) is 0 Å². The van der Waals surface area contributed by atoms with Gasteiger partial charge < -0.3 is 10.5 Å². The largest absolute Gasteiger partial charge is 0.619 e. The zero-order valence-electron chi connectivity index (χ0n) is 7.29. The molecule has 0 aromatic carbocycles. The molecule has 12 heavy (non-hydrogen) atoms. The van der Waals surface area contributed by atoms with Crippen LogP contribution in [-0.2, 0) is 6.42 Å². The molecule has 3 nitrogen and oxygen atoms in total. The van der Waals surface area contributed by atoms with Crippen molar-refractivity contribution in [2.75, 3.05) is 13.6 Å². The molecule has 3 heteroatoms. The van der Waals surface area contributed by atoms with Crippen molar-refractivity contribution in [1.82, 2.24) is 5.32 Å². The van der Waals surface area contributed by atoms with E-state index in [9.17, 15) is 5.21 Å². The van der Waals surface area contributed by atoms with Crippen LogP contribution in [0, 0.1) is 5.21 Å². The van der Waals surface area contributed by atoms with Gasteiger partial charge in [0.05, 0.1) is 0 Å². The summed E-state index contributed by atoms with van der Waals surface area (Å²) in [6.45, 7) is 0.953. The zero-order valence-corrected chi connectivity index (χ0v) is 7.29. The van der Waals surface area contributed by atoms with Gasteiger partial charge in [0.15, 0.2) is 11.9 Å². The summed E-state index contributed by atoms with van der Waals surface area (Å²) in [5.41, 5.74) is 0.841. The average molecular weight is 166 g/mol. The first-order valence-electron chi connectivity index (χ1n) is 4.16. The van der Waals surface area contributed by atoms with Crippen LogP contribution in [0.4, 0.5) is 0 Å². The molecule has 0 aliphatic rings. The Balaban J connectivity index is 2.46. The fraction of sp³-hybridized carbons (Fsp3) is 0.444. The standard InChI is InChI=1S/C9H14N2O/c1-10-7-4-6-9-5-2-3-8-11(9)12/h2-3,5,8,10H,4,6-7H2,1H3. The van der Waals surface area contributed by atoms with Gasteiger partial charge in [-0.1, -0.05) is 6.07 Å². The van der Waals surface area contributed by atoms with Crippen LogP contribution in [0.1, 0.15) is 12.1 Å². The number of rotatable bonds is 4. The maximum atomic E-state index is 11.1. The van der Waals surface area contributed by atoms with E-state index < -0.39 is 0 Å². The van der Waals surface area contributed by atoms with Crippen LogP contribution >= 0.6 is 0 Å². The molecular weight excluding hydrogens is 152 g/mol. The third-order valence-electron chi connectivity index (χ3n) is 1.76. The summed E-state index contributed by atoms with van der Waals surface area (Å²) in [5.74, 6) is 0. The molecule has 0 aliphatic heterocycles. The molecule has 0 amide bonds. The van der Waals surface area contributed by atoms with Gasteiger partial charge in [-0.25, -0.2) is 0 Å². The van der Waals surface area contributed by atoms with Crippen LogP contribution in [0.3, 0.4) is 0 Å². The molecule has 66 valence electrons. The van der Waals surface area contributed by atoms with Gasteiger partial charge >= 0.3 is 0 Å². The van der Waals surface area contributed by atoms with Gasteiger partial charge in [0, 0.05) is 18.6 Å². The van der Waals surface area contributed by atoms with Crippen molar-refractivity contribution in [2.24, 2.45) is 0 Å². The van der Waals surface area contributed by atoms with Crippen molar-refractivity contribution < 1.29 is 4.73 Å². The quantitative estimate of drug-likeness (QED) is 0.401. The van der Waals surface area contributed by atoms with Gasteiger partial charge in [0.1, 0.15) is 0 Å². The van der Waals surface area contributed by atoms with Crippen LogP contribution in [0.25, 0.3) is 0 Å². The minimum absolute atomic E-state index is 0.838. The molecule has 0 fully saturated rings. The fourth-order valence-electron chi connectivity index (χ4n) is 1.10. The summed E-state index contributed by atoms with van der Waals surface area (Å²) in [6.07, 6.45) is 3.38. The first kappa shape index (κ1) is 9.00. The minimum Gasteiger partial charge on any atom is -0.619 e. The third kappa shape index (κ3) is 2.51. The number of nitrogens with zero attached hydrogens (tertiary/aromatic N) is 1. The molecular formula is C9H14N2O. The molecule has 1 aromatic heterocycles. The van der Waals surface area contributed by atoms with Crippen molar-refractivity contribution in [1.29, 1.82) is 0 Å². The second-order valence-electron chi connectivity index (χ2n) is 2.72. The maximum absolute atomic E-state index is 11.1. The third-order valence-corrected chi connectivity index (χ3v) is 1.76. The van der Waals surface area contributed by atoms with Crippen molar-refractivity contribution in [2.45, 2.75) is 12.8 Å². The molecule has 0 radical (unpaired) electrons. The molecule has 0 saturated heterocycles. The van der Waals surface area contributed by atoms with Crippen molar-refractivity contribution in [3.8, 4) is 0 Å². The highest BCUT2D eigenvalue weighted by molar-refractivity contribution is 4.97. The molecule has 0 unspecified atom stereocenters. The first-order chi connectivity index (χ1) is 5.84. The summed E-state index contributed by atoms with van der Waals surface area (Å²) in [5, 5.41) is 14.2. The smallest absolute Gasteiger partial charge is 0.192 e. The minimum atomic E-state index is 0.838. The summed E-state index contributed by atoms with van der Waals surface area (Å²) in [6, 6.07) is 5.50. The molecule has 1 rings (SSSR count). The number of nitrogens with one attached hydrogen (secondary N) is 1. The highest BCUT2D eigenvalue weighted by Gasteiger charge is 2.01. The summed E-state index contributed by atoms with van der Waals surface area (Å²) in [4.78, 5) is 0. The van der Waals surface area contributed by atoms with Gasteiger partial charge in [0.2, 0.25) is 0 Å². The lowest BCUT2D eigenvalue weighted by atomic mass is 10.2. The van der Waals surface area contributed by atoms with Crippen molar-refractivity contribution in [3.05, 3.63) is 35.3 Å². The van der Waals surface area contributed by atoms with E-state index in [1.807, 2.05) is 19.2 Å². The summed E-state index contributed by atoms with van der Waals surface area (Å²) >= 11 is 0. The summed E-state index contributed by atoms with van der Waals surface area (Å²) < 4.78 is 0.926. The highest BCUT2D eigenvalue weighted by Crippen LogP contribution is 1.94. The number of aromatic nitrogens is 1. The molecule has 0 atom stereocenters. The van der Waals surface area contributed by atoms with E-state index in [1.54, 1.807) is 6.07 Å². The topological polar surface area (TPSA) is 39.0 Å². The second kappa shape index (κ2) is 4.72. The Kier molecular flexibility index (Phi) is 3.54. The van der Waals surface area contributed by atoms with E-state index in [-0.39, 0.29) is 0 Å². The first-order valence-corrected chi connectivity index (χ1v) is 4.16. The lowest BCUT2D eigenvalue weighted by molar-refractivity contribution is -0.614. The van der Waals surface area contributed by atoms with Gasteiger partial charge in [0.25, 0.3) is 0 Å². The molecule has 0 bridgehead atoms. The number of pyridine rings is 1. The maximum Gasteiger partial charge on any atom is 0.192 e. The lowest BCUT2D eigenvalue weighted by Gasteiger charge is -2.02. The lowest BCUT2D eigenvalue weighted by Crippen LogP contribution is -2.31. The van der Waals surface area contributed by atoms with E-state index in [4.69, 9.17) is 0 Å². The molecule has 1 heterocycles. The van der Waals surface area contributed by atoms with Gasteiger partial charge in [-0.15, -0.1) is 0 Å². The highest BCUT2D eigenvalue weighted by atomic mass is 16.5. The average Bonchev–Trinajstić information content (AvgIpc) is 2.09. The number of aryl methyl sites for hydroxylation is 1. The Labute approximate surface area is 72.6 Å².